The van der Waals surface area contributed by atoms with Gasteiger partial charge in [-0.25, -0.2) is 0 Å². The fourth-order valence-corrected chi connectivity index (χ4v) is 2.94. The van der Waals surface area contributed by atoms with Crippen molar-refractivity contribution >= 4 is 17.0 Å². The van der Waals surface area contributed by atoms with Crippen molar-refractivity contribution in [1.29, 1.82) is 0 Å². The molecule has 1 N–H and O–H groups in total. The van der Waals surface area contributed by atoms with Crippen LogP contribution in [0.15, 0.2) is 41.8 Å². The van der Waals surface area contributed by atoms with Crippen LogP contribution in [-0.4, -0.2) is 12.2 Å². The van der Waals surface area contributed by atoms with Gasteiger partial charge in [0.15, 0.2) is 0 Å². The van der Waals surface area contributed by atoms with Gasteiger partial charge in [0.05, 0.1) is 12.1 Å². The SMILES string of the molecule is CCC(O)c1ccc(N(C)C(C)c2cccs2)cc1. The van der Waals surface area contributed by atoms with Crippen molar-refractivity contribution < 1.29 is 5.11 Å². The number of benzene rings is 1. The van der Waals surface area contributed by atoms with Crippen molar-refractivity contribution in [3.63, 3.8) is 0 Å². The number of thiophene rings is 1. The van der Waals surface area contributed by atoms with E-state index in [2.05, 4.69) is 48.5 Å². The van der Waals surface area contributed by atoms with Gasteiger partial charge < -0.3 is 10.0 Å². The predicted molar refractivity (Wildman–Crippen MR) is 82.8 cm³/mol. The largest absolute Gasteiger partial charge is 0.388 e. The van der Waals surface area contributed by atoms with E-state index in [0.29, 0.717) is 6.04 Å². The molecule has 1 aromatic carbocycles. The highest BCUT2D eigenvalue weighted by Crippen LogP contribution is 2.29. The molecule has 2 atom stereocenters. The van der Waals surface area contributed by atoms with Gasteiger partial charge in [0.2, 0.25) is 0 Å². The summed E-state index contributed by atoms with van der Waals surface area (Å²) in [6.07, 6.45) is 0.398. The average Bonchev–Trinajstić information content (AvgIpc) is 2.99. The zero-order chi connectivity index (χ0) is 13.8. The van der Waals surface area contributed by atoms with Crippen LogP contribution in [0.1, 0.15) is 42.9 Å². The zero-order valence-electron chi connectivity index (χ0n) is 11.7. The van der Waals surface area contributed by atoms with Crippen LogP contribution < -0.4 is 4.90 Å². The maximum absolute atomic E-state index is 9.81. The maximum atomic E-state index is 9.81. The second-order valence-electron chi connectivity index (χ2n) is 4.82. The van der Waals surface area contributed by atoms with E-state index in [-0.39, 0.29) is 6.10 Å². The summed E-state index contributed by atoms with van der Waals surface area (Å²) in [7, 11) is 2.11. The Bertz CT molecular complexity index is 492. The van der Waals surface area contributed by atoms with E-state index < -0.39 is 0 Å². The summed E-state index contributed by atoms with van der Waals surface area (Å²) < 4.78 is 0. The average molecular weight is 275 g/mol. The van der Waals surface area contributed by atoms with Crippen LogP contribution >= 0.6 is 11.3 Å². The van der Waals surface area contributed by atoms with Gasteiger partial charge in [-0.3, -0.25) is 0 Å². The van der Waals surface area contributed by atoms with Gasteiger partial charge in [0, 0.05) is 17.6 Å². The van der Waals surface area contributed by atoms with Gasteiger partial charge in [-0.1, -0.05) is 25.1 Å². The summed E-state index contributed by atoms with van der Waals surface area (Å²) in [6, 6.07) is 12.8. The highest BCUT2D eigenvalue weighted by molar-refractivity contribution is 7.10. The van der Waals surface area contributed by atoms with Gasteiger partial charge in [-0.05, 0) is 42.5 Å². The molecule has 2 unspecified atom stereocenters. The van der Waals surface area contributed by atoms with Gasteiger partial charge in [-0.2, -0.15) is 0 Å². The van der Waals surface area contributed by atoms with Crippen molar-refractivity contribution in [2.45, 2.75) is 32.4 Å². The van der Waals surface area contributed by atoms with Crippen LogP contribution in [0.3, 0.4) is 0 Å². The molecule has 0 aliphatic rings. The molecule has 0 fully saturated rings. The molecule has 0 spiro atoms. The molecule has 2 aromatic rings. The van der Waals surface area contributed by atoms with Crippen molar-refractivity contribution in [2.75, 3.05) is 11.9 Å². The smallest absolute Gasteiger partial charge is 0.0787 e. The monoisotopic (exact) mass is 275 g/mol. The molecule has 1 aromatic heterocycles. The number of nitrogens with zero attached hydrogens (tertiary/aromatic N) is 1. The molecule has 0 saturated heterocycles. The number of aliphatic hydroxyl groups is 1. The van der Waals surface area contributed by atoms with Crippen molar-refractivity contribution in [1.82, 2.24) is 0 Å². The number of hydrogen-bond donors (Lipinski definition) is 1. The van der Waals surface area contributed by atoms with E-state index in [0.717, 1.165) is 12.0 Å². The fraction of sp³-hybridized carbons (Fsp3) is 0.375. The molecule has 19 heavy (non-hydrogen) atoms. The highest BCUT2D eigenvalue weighted by Gasteiger charge is 2.13. The Balaban J connectivity index is 2.13. The molecule has 1 heterocycles. The minimum absolute atomic E-state index is 0.353. The summed E-state index contributed by atoms with van der Waals surface area (Å²) in [6.45, 7) is 4.20. The summed E-state index contributed by atoms with van der Waals surface area (Å²) in [5.41, 5.74) is 2.16. The lowest BCUT2D eigenvalue weighted by atomic mass is 10.1. The maximum Gasteiger partial charge on any atom is 0.0787 e. The molecule has 0 saturated carbocycles. The van der Waals surface area contributed by atoms with Crippen LogP contribution in [0.2, 0.25) is 0 Å². The number of aliphatic hydroxyl groups excluding tert-OH is 1. The molecule has 2 rings (SSSR count). The summed E-state index contributed by atoms with van der Waals surface area (Å²) in [4.78, 5) is 3.62. The molecule has 0 aliphatic carbocycles. The topological polar surface area (TPSA) is 23.5 Å². The van der Waals surface area contributed by atoms with Crippen LogP contribution in [0, 0.1) is 0 Å². The van der Waals surface area contributed by atoms with Crippen molar-refractivity contribution in [2.24, 2.45) is 0 Å². The van der Waals surface area contributed by atoms with Gasteiger partial charge >= 0.3 is 0 Å². The lowest BCUT2D eigenvalue weighted by molar-refractivity contribution is 0.173. The minimum atomic E-state index is -0.353. The molecule has 102 valence electrons. The number of anilines is 1. The first kappa shape index (κ1) is 14.1. The molecule has 0 amide bonds. The lowest BCUT2D eigenvalue weighted by Crippen LogP contribution is -2.20. The number of hydrogen-bond acceptors (Lipinski definition) is 3. The second-order valence-corrected chi connectivity index (χ2v) is 5.80. The van der Waals surface area contributed by atoms with Crippen LogP contribution in [0.25, 0.3) is 0 Å². The predicted octanol–water partition coefficient (Wildman–Crippen LogP) is 4.39. The standard InChI is InChI=1S/C16H21NOS/c1-4-15(18)13-7-9-14(10-8-13)17(3)12(2)16-6-5-11-19-16/h5-12,15,18H,4H2,1-3H3. The minimum Gasteiger partial charge on any atom is -0.388 e. The molecular formula is C16H21NOS. The Morgan fingerprint density at radius 2 is 1.89 bits per heavy atom. The van der Waals surface area contributed by atoms with Crippen LogP contribution in [0.4, 0.5) is 5.69 Å². The lowest BCUT2D eigenvalue weighted by Gasteiger charge is -2.26. The number of rotatable bonds is 5. The normalized spacial score (nSPS) is 14.1. The molecule has 0 aliphatic heterocycles. The quantitative estimate of drug-likeness (QED) is 0.875. The van der Waals surface area contributed by atoms with Gasteiger partial charge in [0.25, 0.3) is 0 Å². The Kier molecular flexibility index (Phi) is 4.61. The summed E-state index contributed by atoms with van der Waals surface area (Å²) in [5, 5.41) is 11.9. The van der Waals surface area contributed by atoms with E-state index in [1.54, 1.807) is 11.3 Å². The van der Waals surface area contributed by atoms with Crippen LogP contribution in [-0.2, 0) is 0 Å². The van der Waals surface area contributed by atoms with Crippen molar-refractivity contribution in [3.8, 4) is 0 Å². The Hall–Kier alpha value is -1.32. The Morgan fingerprint density at radius 3 is 2.42 bits per heavy atom. The fourth-order valence-electron chi connectivity index (χ4n) is 2.11. The Labute approximate surface area is 119 Å². The molecule has 2 nitrogen and oxygen atoms in total. The third-order valence-corrected chi connectivity index (χ3v) is 4.65. The third kappa shape index (κ3) is 3.17. The van der Waals surface area contributed by atoms with E-state index in [1.165, 1.54) is 10.6 Å². The van der Waals surface area contributed by atoms with E-state index in [4.69, 9.17) is 0 Å². The van der Waals surface area contributed by atoms with Crippen LogP contribution in [0.5, 0.6) is 0 Å². The molecule has 0 radical (unpaired) electrons. The third-order valence-electron chi connectivity index (χ3n) is 3.61. The molecular weight excluding hydrogens is 254 g/mol. The van der Waals surface area contributed by atoms with E-state index in [1.807, 2.05) is 19.1 Å². The molecule has 0 bridgehead atoms. The van der Waals surface area contributed by atoms with E-state index >= 15 is 0 Å². The first-order valence-electron chi connectivity index (χ1n) is 6.67. The van der Waals surface area contributed by atoms with Gasteiger partial charge in [0.1, 0.15) is 0 Å². The first-order chi connectivity index (χ1) is 9.13. The first-order valence-corrected chi connectivity index (χ1v) is 7.55. The summed E-state index contributed by atoms with van der Waals surface area (Å²) >= 11 is 1.78. The Morgan fingerprint density at radius 1 is 1.21 bits per heavy atom. The van der Waals surface area contributed by atoms with E-state index in [9.17, 15) is 5.11 Å². The zero-order valence-corrected chi connectivity index (χ0v) is 12.5. The second kappa shape index (κ2) is 6.22. The summed E-state index contributed by atoms with van der Waals surface area (Å²) in [5.74, 6) is 0. The van der Waals surface area contributed by atoms with Crippen molar-refractivity contribution in [3.05, 3.63) is 52.2 Å². The molecule has 3 heteroatoms. The highest BCUT2D eigenvalue weighted by atomic mass is 32.1. The van der Waals surface area contributed by atoms with Gasteiger partial charge in [-0.15, -0.1) is 11.3 Å².